The fourth-order valence-electron chi connectivity index (χ4n) is 2.15. The fourth-order valence-corrected chi connectivity index (χ4v) is 3.29. The number of aromatic amines is 1. The van der Waals surface area contributed by atoms with Crippen molar-refractivity contribution in [2.75, 3.05) is 0 Å². The summed E-state index contributed by atoms with van der Waals surface area (Å²) in [5.41, 5.74) is 0.190. The molecule has 8 heteroatoms. The highest BCUT2D eigenvalue weighted by Gasteiger charge is 2.18. The Morgan fingerprint density at radius 2 is 1.91 bits per heavy atom. The first-order chi connectivity index (χ1) is 10.9. The van der Waals surface area contributed by atoms with Crippen LogP contribution in [-0.2, 0) is 0 Å². The van der Waals surface area contributed by atoms with Gasteiger partial charge in [0.05, 0.1) is 21.5 Å². The quantitative estimate of drug-likeness (QED) is 0.410. The van der Waals surface area contributed by atoms with Gasteiger partial charge in [0.25, 0.3) is 11.5 Å². The third-order valence-corrected chi connectivity index (χ3v) is 4.74. The highest BCUT2D eigenvalue weighted by molar-refractivity contribution is 14.1. The normalized spacial score (nSPS) is 10.9. The minimum atomic E-state index is -0.621. The van der Waals surface area contributed by atoms with E-state index >= 15 is 0 Å². The van der Waals surface area contributed by atoms with Crippen LogP contribution < -0.4 is 5.56 Å². The van der Waals surface area contributed by atoms with Gasteiger partial charge in [-0.1, -0.05) is 23.2 Å². The molecule has 1 heterocycles. The third kappa shape index (κ3) is 3.08. The Morgan fingerprint density at radius 1 is 1.17 bits per heavy atom. The molecule has 23 heavy (non-hydrogen) atoms. The molecule has 0 bridgehead atoms. The van der Waals surface area contributed by atoms with Gasteiger partial charge < -0.3 is 4.98 Å². The van der Waals surface area contributed by atoms with Gasteiger partial charge in [-0.2, -0.15) is 0 Å². The topological polar surface area (TPSA) is 54.9 Å². The molecular weight excluding hydrogens is 470 g/mol. The molecule has 2 aromatic carbocycles. The molecule has 0 saturated carbocycles. The maximum absolute atomic E-state index is 12.7. The molecule has 116 valence electrons. The van der Waals surface area contributed by atoms with Crippen LogP contribution in [0.25, 0.3) is 10.9 Å². The van der Waals surface area contributed by atoms with Crippen LogP contribution in [0.2, 0.25) is 10.0 Å². The van der Waals surface area contributed by atoms with Gasteiger partial charge in [0.15, 0.2) is 4.77 Å². The van der Waals surface area contributed by atoms with Crippen molar-refractivity contribution >= 4 is 74.8 Å². The summed E-state index contributed by atoms with van der Waals surface area (Å²) in [6, 6.07) is 9.74. The molecule has 0 saturated heterocycles. The van der Waals surface area contributed by atoms with E-state index in [1.807, 2.05) is 6.07 Å². The molecule has 0 radical (unpaired) electrons. The number of fused-ring (bicyclic) bond motifs is 1. The van der Waals surface area contributed by atoms with Crippen LogP contribution in [0.1, 0.15) is 10.4 Å². The van der Waals surface area contributed by atoms with Crippen molar-refractivity contribution in [3.05, 3.63) is 70.7 Å². The maximum atomic E-state index is 12.7. The highest BCUT2D eigenvalue weighted by atomic mass is 127. The third-order valence-electron chi connectivity index (χ3n) is 3.22. The number of nitrogens with one attached hydrogen (secondary N) is 1. The molecule has 0 unspecified atom stereocenters. The van der Waals surface area contributed by atoms with Crippen LogP contribution in [0.5, 0.6) is 0 Å². The number of halogens is 3. The lowest BCUT2D eigenvalue weighted by Gasteiger charge is -2.09. The lowest BCUT2D eigenvalue weighted by molar-refractivity contribution is 0.0954. The minimum Gasteiger partial charge on any atom is -0.331 e. The summed E-state index contributed by atoms with van der Waals surface area (Å²) in [6.07, 6.45) is 0. The lowest BCUT2D eigenvalue weighted by atomic mass is 10.2. The SMILES string of the molecule is O=C(c1cc(Cl)ccc1Cl)n1c(=S)[nH]c2ccc(I)cc2c1=O. The molecule has 0 spiro atoms. The lowest BCUT2D eigenvalue weighted by Crippen LogP contribution is -2.29. The van der Waals surface area contributed by atoms with E-state index in [0.717, 1.165) is 8.14 Å². The zero-order valence-corrected chi connectivity index (χ0v) is 15.8. The predicted molar refractivity (Wildman–Crippen MR) is 102 cm³/mol. The van der Waals surface area contributed by atoms with Crippen LogP contribution in [-0.4, -0.2) is 15.5 Å². The van der Waals surface area contributed by atoms with Crippen molar-refractivity contribution in [1.82, 2.24) is 9.55 Å². The zero-order valence-electron chi connectivity index (χ0n) is 11.3. The Hall–Kier alpha value is -1.22. The summed E-state index contributed by atoms with van der Waals surface area (Å²) in [6.45, 7) is 0. The van der Waals surface area contributed by atoms with Crippen LogP contribution in [0.15, 0.2) is 41.2 Å². The summed E-state index contributed by atoms with van der Waals surface area (Å²) in [7, 11) is 0. The molecule has 4 nitrogen and oxygen atoms in total. The maximum Gasteiger partial charge on any atom is 0.269 e. The van der Waals surface area contributed by atoms with Gasteiger partial charge >= 0.3 is 0 Å². The smallest absolute Gasteiger partial charge is 0.269 e. The summed E-state index contributed by atoms with van der Waals surface area (Å²) < 4.78 is 1.77. The number of carbonyl (C=O) groups excluding carboxylic acids is 1. The Balaban J connectivity index is 2.32. The molecule has 0 aliphatic rings. The summed E-state index contributed by atoms with van der Waals surface area (Å²) in [5.74, 6) is -0.621. The molecule has 0 aliphatic heterocycles. The van der Waals surface area contributed by atoms with Crippen molar-refractivity contribution in [3.8, 4) is 0 Å². The predicted octanol–water partition coefficient (Wildman–Crippen LogP) is 4.66. The average Bonchev–Trinajstić information content (AvgIpc) is 2.50. The van der Waals surface area contributed by atoms with Gasteiger partial charge in [-0.25, -0.2) is 4.57 Å². The number of H-pyrrole nitrogens is 1. The Labute approximate surface area is 159 Å². The number of hydrogen-bond donors (Lipinski definition) is 1. The van der Waals surface area contributed by atoms with E-state index in [9.17, 15) is 9.59 Å². The number of carbonyl (C=O) groups is 1. The van der Waals surface area contributed by atoms with E-state index in [2.05, 4.69) is 27.6 Å². The first-order valence-corrected chi connectivity index (χ1v) is 8.57. The van der Waals surface area contributed by atoms with Gasteiger partial charge in [-0.05, 0) is 71.2 Å². The van der Waals surface area contributed by atoms with Gasteiger partial charge in [0.1, 0.15) is 0 Å². The molecule has 3 rings (SSSR count). The molecule has 1 N–H and O–H groups in total. The Morgan fingerprint density at radius 3 is 2.65 bits per heavy atom. The van der Waals surface area contributed by atoms with Crippen LogP contribution in [0.3, 0.4) is 0 Å². The van der Waals surface area contributed by atoms with Gasteiger partial charge in [0.2, 0.25) is 0 Å². The fraction of sp³-hybridized carbons (Fsp3) is 0. The van der Waals surface area contributed by atoms with Gasteiger partial charge in [0, 0.05) is 8.59 Å². The van der Waals surface area contributed by atoms with E-state index in [4.69, 9.17) is 35.4 Å². The molecule has 0 fully saturated rings. The Bertz CT molecular complexity index is 1080. The van der Waals surface area contributed by atoms with E-state index in [-0.39, 0.29) is 15.4 Å². The minimum absolute atomic E-state index is 0.00440. The molecular formula is C15H7Cl2IN2O2S. The number of nitrogens with zero attached hydrogens (tertiary/aromatic N) is 1. The number of rotatable bonds is 1. The van der Waals surface area contributed by atoms with E-state index in [0.29, 0.717) is 15.9 Å². The molecule has 1 aromatic heterocycles. The summed E-state index contributed by atoms with van der Waals surface area (Å²) >= 11 is 19.2. The largest absolute Gasteiger partial charge is 0.331 e. The van der Waals surface area contributed by atoms with Crippen molar-refractivity contribution < 1.29 is 4.79 Å². The van der Waals surface area contributed by atoms with Gasteiger partial charge in [-0.15, -0.1) is 0 Å². The highest BCUT2D eigenvalue weighted by Crippen LogP contribution is 2.21. The number of hydrogen-bond acceptors (Lipinski definition) is 3. The van der Waals surface area contributed by atoms with E-state index in [1.54, 1.807) is 18.2 Å². The van der Waals surface area contributed by atoms with Crippen molar-refractivity contribution in [2.45, 2.75) is 0 Å². The average molecular weight is 477 g/mol. The second-order valence-corrected chi connectivity index (χ2v) is 7.17. The molecule has 0 aliphatic carbocycles. The zero-order chi connectivity index (χ0) is 16.7. The standard InChI is InChI=1S/C15H7Cl2IN2O2S/c16-7-1-3-11(17)9(5-7)13(21)20-14(22)10-6-8(18)2-4-12(10)19-15(20)23/h1-6H,(H,19,23). The van der Waals surface area contributed by atoms with Crippen molar-refractivity contribution in [3.63, 3.8) is 0 Å². The number of aromatic nitrogens is 2. The van der Waals surface area contributed by atoms with Crippen LogP contribution in [0.4, 0.5) is 0 Å². The first kappa shape index (κ1) is 16.6. The van der Waals surface area contributed by atoms with Crippen LogP contribution in [0, 0.1) is 8.34 Å². The van der Waals surface area contributed by atoms with Gasteiger partial charge in [-0.3, -0.25) is 9.59 Å². The van der Waals surface area contributed by atoms with Crippen LogP contribution >= 0.6 is 58.0 Å². The molecule has 0 amide bonds. The summed E-state index contributed by atoms with van der Waals surface area (Å²) in [5, 5.41) is 0.913. The molecule has 0 atom stereocenters. The second-order valence-electron chi connectivity index (χ2n) is 4.69. The first-order valence-electron chi connectivity index (χ1n) is 6.33. The number of benzene rings is 2. The second kappa shape index (κ2) is 6.35. The summed E-state index contributed by atoms with van der Waals surface area (Å²) in [4.78, 5) is 28.3. The van der Waals surface area contributed by atoms with Crippen molar-refractivity contribution in [1.29, 1.82) is 0 Å². The van der Waals surface area contributed by atoms with E-state index < -0.39 is 11.5 Å². The van der Waals surface area contributed by atoms with E-state index in [1.165, 1.54) is 12.1 Å². The molecule has 3 aromatic rings. The monoisotopic (exact) mass is 476 g/mol. The van der Waals surface area contributed by atoms with Crippen molar-refractivity contribution in [2.24, 2.45) is 0 Å². The Kier molecular flexibility index (Phi) is 4.59.